The van der Waals surface area contributed by atoms with Crippen molar-refractivity contribution in [1.82, 2.24) is 0 Å². The number of nitrogens with zero attached hydrogens (tertiary/aromatic N) is 1. The van der Waals surface area contributed by atoms with Crippen LogP contribution in [0.15, 0.2) is 16.6 Å². The molecule has 0 radical (unpaired) electrons. The van der Waals surface area contributed by atoms with E-state index in [0.29, 0.717) is 11.0 Å². The van der Waals surface area contributed by atoms with Crippen LogP contribution in [0.3, 0.4) is 0 Å². The van der Waals surface area contributed by atoms with Gasteiger partial charge in [-0.2, -0.15) is 0 Å². The summed E-state index contributed by atoms with van der Waals surface area (Å²) in [5, 5.41) is 0.197. The van der Waals surface area contributed by atoms with Crippen molar-refractivity contribution in [3.8, 4) is 12.3 Å². The number of halogens is 3. The van der Waals surface area contributed by atoms with E-state index in [0.717, 1.165) is 0 Å². The number of amides is 1. The highest BCUT2D eigenvalue weighted by atomic mass is 79.9. The lowest BCUT2D eigenvalue weighted by atomic mass is 10.1. The molecule has 88 valence electrons. The molecule has 0 aromatic heterocycles. The van der Waals surface area contributed by atoms with Gasteiger partial charge in [-0.1, -0.05) is 27.5 Å². The maximum atomic E-state index is 13.8. The van der Waals surface area contributed by atoms with Gasteiger partial charge in [-0.3, -0.25) is 4.79 Å². The maximum Gasteiger partial charge on any atom is 0.228 e. The number of hydrogen-bond donors (Lipinski definition) is 0. The first-order valence-electron chi connectivity index (χ1n) is 4.94. The molecule has 0 aliphatic carbocycles. The summed E-state index contributed by atoms with van der Waals surface area (Å²) in [4.78, 5) is 13.0. The Morgan fingerprint density at radius 3 is 2.82 bits per heavy atom. The van der Waals surface area contributed by atoms with E-state index in [1.165, 1.54) is 11.0 Å². The third-order valence-corrected chi connectivity index (χ3v) is 3.36. The molecule has 1 aliphatic heterocycles. The Bertz CT molecular complexity index is 503. The highest BCUT2D eigenvalue weighted by molar-refractivity contribution is 9.10. The second kappa shape index (κ2) is 4.67. The normalized spacial score (nSPS) is 19.5. The molecule has 0 spiro atoms. The highest BCUT2D eigenvalue weighted by Crippen LogP contribution is 2.35. The van der Waals surface area contributed by atoms with E-state index >= 15 is 0 Å². The fraction of sp³-hybridized carbons (Fsp3) is 0.250. The lowest BCUT2D eigenvalue weighted by Gasteiger charge is -2.18. The summed E-state index contributed by atoms with van der Waals surface area (Å²) < 4.78 is 14.3. The molecule has 2 rings (SSSR count). The Kier molecular flexibility index (Phi) is 3.41. The Hall–Kier alpha value is -1.05. The summed E-state index contributed by atoms with van der Waals surface area (Å²) in [5.74, 6) is 1.60. The van der Waals surface area contributed by atoms with E-state index in [1.807, 2.05) is 0 Å². The zero-order valence-electron chi connectivity index (χ0n) is 8.71. The van der Waals surface area contributed by atoms with Crippen LogP contribution < -0.4 is 4.90 Å². The van der Waals surface area contributed by atoms with Crippen LogP contribution in [-0.2, 0) is 4.79 Å². The zero-order chi connectivity index (χ0) is 12.6. The highest BCUT2D eigenvalue weighted by Gasteiger charge is 2.32. The van der Waals surface area contributed by atoms with E-state index < -0.39 is 5.82 Å². The summed E-state index contributed by atoms with van der Waals surface area (Å²) >= 11 is 9.09. The van der Waals surface area contributed by atoms with Crippen LogP contribution in [0, 0.1) is 24.1 Å². The second-order valence-corrected chi connectivity index (χ2v) is 5.11. The van der Waals surface area contributed by atoms with Gasteiger partial charge in [0.15, 0.2) is 0 Å². The molecule has 1 amide bonds. The molecule has 5 heteroatoms. The quantitative estimate of drug-likeness (QED) is 0.729. The number of rotatable bonds is 1. The van der Waals surface area contributed by atoms with Gasteiger partial charge in [0, 0.05) is 23.4 Å². The Balaban J connectivity index is 2.42. The van der Waals surface area contributed by atoms with Gasteiger partial charge in [-0.05, 0) is 12.1 Å². The van der Waals surface area contributed by atoms with Crippen molar-refractivity contribution >= 4 is 39.1 Å². The molecule has 1 atom stereocenters. The summed E-state index contributed by atoms with van der Waals surface area (Å²) in [6, 6.07) is 2.83. The molecule has 17 heavy (non-hydrogen) atoms. The number of anilines is 1. The van der Waals surface area contributed by atoms with Gasteiger partial charge in [0.05, 0.1) is 10.7 Å². The third kappa shape index (κ3) is 2.31. The second-order valence-electron chi connectivity index (χ2n) is 3.79. The predicted molar refractivity (Wildman–Crippen MR) is 68.4 cm³/mol. The Morgan fingerprint density at radius 1 is 1.59 bits per heavy atom. The van der Waals surface area contributed by atoms with Crippen LogP contribution >= 0.6 is 27.5 Å². The fourth-order valence-corrected chi connectivity index (χ4v) is 2.70. The fourth-order valence-electron chi connectivity index (χ4n) is 1.83. The average Bonchev–Trinajstić information content (AvgIpc) is 2.59. The van der Waals surface area contributed by atoms with Crippen LogP contribution in [0.4, 0.5) is 10.1 Å². The van der Waals surface area contributed by atoms with E-state index in [2.05, 4.69) is 21.9 Å². The van der Waals surface area contributed by atoms with Crippen molar-refractivity contribution in [1.29, 1.82) is 0 Å². The average molecular weight is 317 g/mol. The van der Waals surface area contributed by atoms with E-state index in [-0.39, 0.29) is 29.0 Å². The Labute approximate surface area is 112 Å². The molecular formula is C12H8BrClFNO. The molecule has 0 N–H and O–H groups in total. The van der Waals surface area contributed by atoms with Crippen molar-refractivity contribution in [3.05, 3.63) is 27.4 Å². The van der Waals surface area contributed by atoms with Crippen molar-refractivity contribution in [2.75, 3.05) is 11.4 Å². The van der Waals surface area contributed by atoms with Crippen LogP contribution in [0.2, 0.25) is 5.02 Å². The molecule has 1 aromatic rings. The summed E-state index contributed by atoms with van der Waals surface area (Å²) in [7, 11) is 0. The first-order chi connectivity index (χ1) is 8.02. The predicted octanol–water partition coefficient (Wildman–Crippen LogP) is 3.23. The van der Waals surface area contributed by atoms with Crippen LogP contribution in [-0.4, -0.2) is 12.5 Å². The van der Waals surface area contributed by atoms with Gasteiger partial charge >= 0.3 is 0 Å². The lowest BCUT2D eigenvalue weighted by Crippen LogP contribution is -2.25. The summed E-state index contributed by atoms with van der Waals surface area (Å²) in [6.45, 7) is 0.313. The van der Waals surface area contributed by atoms with Gasteiger partial charge in [-0.25, -0.2) is 4.39 Å². The van der Waals surface area contributed by atoms with Crippen LogP contribution in [0.1, 0.15) is 6.42 Å². The van der Waals surface area contributed by atoms with Crippen molar-refractivity contribution in [3.63, 3.8) is 0 Å². The molecule has 0 bridgehead atoms. The van der Waals surface area contributed by atoms with Gasteiger partial charge in [-0.15, -0.1) is 12.3 Å². The summed E-state index contributed by atoms with van der Waals surface area (Å²) in [5.41, 5.74) is 0.109. The van der Waals surface area contributed by atoms with E-state index in [4.69, 9.17) is 18.0 Å². The molecule has 1 saturated heterocycles. The third-order valence-electron chi connectivity index (χ3n) is 2.61. The number of hydrogen-bond acceptors (Lipinski definition) is 1. The van der Waals surface area contributed by atoms with E-state index in [1.54, 1.807) is 6.07 Å². The molecule has 1 heterocycles. The molecule has 1 aliphatic rings. The van der Waals surface area contributed by atoms with Crippen molar-refractivity contribution < 1.29 is 9.18 Å². The Morgan fingerprint density at radius 2 is 2.29 bits per heavy atom. The van der Waals surface area contributed by atoms with Crippen LogP contribution in [0.5, 0.6) is 0 Å². The van der Waals surface area contributed by atoms with Gasteiger partial charge < -0.3 is 4.90 Å². The van der Waals surface area contributed by atoms with Crippen molar-refractivity contribution in [2.45, 2.75) is 6.42 Å². The van der Waals surface area contributed by atoms with Gasteiger partial charge in [0.1, 0.15) is 5.82 Å². The molecule has 2 nitrogen and oxygen atoms in total. The smallest absolute Gasteiger partial charge is 0.228 e. The number of benzene rings is 1. The molecule has 1 unspecified atom stereocenters. The molecule has 1 fully saturated rings. The number of carbonyl (C=O) groups excluding carboxylic acids is 1. The van der Waals surface area contributed by atoms with Gasteiger partial charge in [0.2, 0.25) is 5.91 Å². The zero-order valence-corrected chi connectivity index (χ0v) is 11.1. The minimum Gasteiger partial charge on any atom is -0.307 e. The largest absolute Gasteiger partial charge is 0.307 e. The van der Waals surface area contributed by atoms with E-state index in [9.17, 15) is 9.18 Å². The molecule has 0 saturated carbocycles. The minimum absolute atomic E-state index is 0.109. The van der Waals surface area contributed by atoms with Gasteiger partial charge in [0.25, 0.3) is 0 Å². The number of terminal acetylenes is 1. The maximum absolute atomic E-state index is 13.8. The van der Waals surface area contributed by atoms with Crippen molar-refractivity contribution in [2.24, 2.45) is 5.92 Å². The number of carbonyl (C=O) groups is 1. The minimum atomic E-state index is -0.532. The summed E-state index contributed by atoms with van der Waals surface area (Å²) in [6.07, 6.45) is 5.51. The SMILES string of the molecule is C#CC1CC(=O)N(c2c(F)cc(Br)cc2Cl)C1. The molecule has 1 aromatic carbocycles. The standard InChI is InChI=1S/C12H8BrClFNO/c1-2-7-3-11(17)16(6-7)12-9(14)4-8(13)5-10(12)15/h1,4-5,7H,3,6H2. The molecular weight excluding hydrogens is 308 g/mol. The monoisotopic (exact) mass is 315 g/mol. The lowest BCUT2D eigenvalue weighted by molar-refractivity contribution is -0.117. The first-order valence-corrected chi connectivity index (χ1v) is 6.11. The van der Waals surface area contributed by atoms with Crippen LogP contribution in [0.25, 0.3) is 0 Å². The first kappa shape index (κ1) is 12.4. The topological polar surface area (TPSA) is 20.3 Å².